The second-order valence-corrected chi connectivity index (χ2v) is 8.74. The van der Waals surface area contributed by atoms with Gasteiger partial charge in [0.25, 0.3) is 9.05 Å². The summed E-state index contributed by atoms with van der Waals surface area (Å²) in [5, 5.41) is 2.93. The zero-order valence-electron chi connectivity index (χ0n) is 11.3. The largest absolute Gasteiger partial charge is 0.324 e. The summed E-state index contributed by atoms with van der Waals surface area (Å²) < 4.78 is 22.6. The summed E-state index contributed by atoms with van der Waals surface area (Å²) in [6, 6.07) is 2.63. The normalized spacial score (nSPS) is 20.6. The highest BCUT2D eigenvalue weighted by atomic mass is 35.7. The second-order valence-electron chi connectivity index (χ2n) is 5.77. The molecule has 1 amide bonds. The standard InChI is InChI=1S/C13H15Cl2NO3S/c1-7-4-8(20(15,18)19)5-10(14)11(7)16-12(17)9-6-13(9,2)3/h4-5,9H,6H2,1-3H3,(H,16,17). The molecule has 1 aromatic carbocycles. The van der Waals surface area contributed by atoms with E-state index in [1.165, 1.54) is 12.1 Å². The number of hydrogen-bond donors (Lipinski definition) is 1. The van der Waals surface area contributed by atoms with Crippen molar-refractivity contribution in [2.45, 2.75) is 32.1 Å². The molecular weight excluding hydrogens is 321 g/mol. The van der Waals surface area contributed by atoms with Gasteiger partial charge < -0.3 is 5.32 Å². The maximum atomic E-state index is 12.1. The first-order valence-corrected chi connectivity index (χ1v) is 8.77. The van der Waals surface area contributed by atoms with Crippen molar-refractivity contribution in [2.75, 3.05) is 5.32 Å². The van der Waals surface area contributed by atoms with Crippen LogP contribution in [-0.4, -0.2) is 14.3 Å². The van der Waals surface area contributed by atoms with Crippen LogP contribution >= 0.6 is 22.3 Å². The van der Waals surface area contributed by atoms with Crippen LogP contribution in [0.1, 0.15) is 25.8 Å². The van der Waals surface area contributed by atoms with Gasteiger partial charge >= 0.3 is 0 Å². The van der Waals surface area contributed by atoms with Gasteiger partial charge in [-0.25, -0.2) is 8.42 Å². The molecule has 1 aromatic rings. The van der Waals surface area contributed by atoms with E-state index in [4.69, 9.17) is 22.3 Å². The van der Waals surface area contributed by atoms with Crippen molar-refractivity contribution in [3.05, 3.63) is 22.7 Å². The molecular formula is C13H15Cl2NO3S. The Morgan fingerprint density at radius 2 is 1.95 bits per heavy atom. The first-order chi connectivity index (χ1) is 9.02. The molecule has 0 heterocycles. The van der Waals surface area contributed by atoms with E-state index in [9.17, 15) is 13.2 Å². The van der Waals surface area contributed by atoms with Crippen LogP contribution in [0.2, 0.25) is 5.02 Å². The number of carbonyl (C=O) groups excluding carboxylic acids is 1. The second kappa shape index (κ2) is 4.90. The van der Waals surface area contributed by atoms with Gasteiger partial charge in [-0.2, -0.15) is 0 Å². The number of amides is 1. The molecule has 2 rings (SSSR count). The summed E-state index contributed by atoms with van der Waals surface area (Å²) in [5.74, 6) is -0.129. The Morgan fingerprint density at radius 3 is 2.35 bits per heavy atom. The first-order valence-electron chi connectivity index (χ1n) is 6.08. The highest BCUT2D eigenvalue weighted by Crippen LogP contribution is 2.52. The Hall–Kier alpha value is -0.780. The van der Waals surface area contributed by atoms with Gasteiger partial charge in [0.15, 0.2) is 0 Å². The van der Waals surface area contributed by atoms with Gasteiger partial charge in [-0.15, -0.1) is 0 Å². The van der Waals surface area contributed by atoms with Crippen LogP contribution in [0.4, 0.5) is 5.69 Å². The van der Waals surface area contributed by atoms with Crippen LogP contribution in [-0.2, 0) is 13.8 Å². The zero-order valence-corrected chi connectivity index (χ0v) is 13.7. The Labute approximate surface area is 127 Å². The maximum Gasteiger partial charge on any atom is 0.261 e. The Bertz CT molecular complexity index is 660. The van der Waals surface area contributed by atoms with Crippen molar-refractivity contribution in [1.82, 2.24) is 0 Å². The average molecular weight is 336 g/mol. The van der Waals surface area contributed by atoms with Crippen molar-refractivity contribution in [1.29, 1.82) is 0 Å². The molecule has 20 heavy (non-hydrogen) atoms. The minimum Gasteiger partial charge on any atom is -0.324 e. The number of halogens is 2. The average Bonchev–Trinajstić information content (AvgIpc) is 2.91. The van der Waals surface area contributed by atoms with Crippen LogP contribution in [0.25, 0.3) is 0 Å². The number of aryl methyl sites for hydroxylation is 1. The Balaban J connectivity index is 2.28. The number of benzene rings is 1. The highest BCUT2D eigenvalue weighted by Gasteiger charge is 2.50. The van der Waals surface area contributed by atoms with Crippen molar-refractivity contribution >= 4 is 42.9 Å². The Morgan fingerprint density at radius 1 is 1.40 bits per heavy atom. The molecule has 1 N–H and O–H groups in total. The minimum atomic E-state index is -3.84. The van der Waals surface area contributed by atoms with Crippen LogP contribution in [0.15, 0.2) is 17.0 Å². The van der Waals surface area contributed by atoms with E-state index >= 15 is 0 Å². The number of carbonyl (C=O) groups is 1. The number of rotatable bonds is 3. The molecule has 7 heteroatoms. The molecule has 1 saturated carbocycles. The lowest BCUT2D eigenvalue weighted by Gasteiger charge is -2.12. The topological polar surface area (TPSA) is 63.2 Å². The van der Waals surface area contributed by atoms with Gasteiger partial charge in [0, 0.05) is 16.6 Å². The molecule has 110 valence electrons. The van der Waals surface area contributed by atoms with Crippen LogP contribution in [0.3, 0.4) is 0 Å². The maximum absolute atomic E-state index is 12.1. The van der Waals surface area contributed by atoms with Gasteiger partial charge in [0.1, 0.15) is 0 Å². The Kier molecular flexibility index (Phi) is 3.82. The predicted octanol–water partition coefficient (Wildman–Crippen LogP) is 3.56. The minimum absolute atomic E-state index is 0.0177. The third-order valence-corrected chi connectivity index (χ3v) is 5.25. The SMILES string of the molecule is Cc1cc(S(=O)(=O)Cl)cc(Cl)c1NC(=O)C1CC1(C)C. The van der Waals surface area contributed by atoms with Gasteiger partial charge in [-0.1, -0.05) is 25.4 Å². The van der Waals surface area contributed by atoms with E-state index < -0.39 is 9.05 Å². The highest BCUT2D eigenvalue weighted by molar-refractivity contribution is 8.13. The molecule has 0 aliphatic heterocycles. The van der Waals surface area contributed by atoms with Crippen molar-refractivity contribution < 1.29 is 13.2 Å². The molecule has 0 bridgehead atoms. The summed E-state index contributed by atoms with van der Waals surface area (Å²) in [6.07, 6.45) is 0.837. The summed E-state index contributed by atoms with van der Waals surface area (Å²) in [4.78, 5) is 12.0. The number of nitrogens with one attached hydrogen (secondary N) is 1. The molecule has 0 aromatic heterocycles. The summed E-state index contributed by atoms with van der Waals surface area (Å²) in [5.41, 5.74) is 1.01. The van der Waals surface area contributed by atoms with E-state index in [1.54, 1.807) is 6.92 Å². The molecule has 1 aliphatic carbocycles. The fraction of sp³-hybridized carbons (Fsp3) is 0.462. The fourth-order valence-corrected chi connectivity index (χ4v) is 3.36. The molecule has 1 fully saturated rings. The lowest BCUT2D eigenvalue weighted by molar-refractivity contribution is -0.118. The van der Waals surface area contributed by atoms with Gasteiger partial charge in [0.2, 0.25) is 5.91 Å². The third kappa shape index (κ3) is 3.10. The zero-order chi connectivity index (χ0) is 15.3. The first kappa shape index (κ1) is 15.6. The van der Waals surface area contributed by atoms with Gasteiger partial charge in [-0.3, -0.25) is 4.79 Å². The van der Waals surface area contributed by atoms with Crippen LogP contribution < -0.4 is 5.32 Å². The van der Waals surface area contributed by atoms with E-state index in [2.05, 4.69) is 5.32 Å². The van der Waals surface area contributed by atoms with E-state index in [-0.39, 0.29) is 27.2 Å². The fourth-order valence-electron chi connectivity index (χ4n) is 2.14. The quantitative estimate of drug-likeness (QED) is 0.859. The molecule has 1 unspecified atom stereocenters. The molecule has 1 aliphatic rings. The van der Waals surface area contributed by atoms with Gasteiger partial charge in [0.05, 0.1) is 15.6 Å². The van der Waals surface area contributed by atoms with Crippen molar-refractivity contribution in [2.24, 2.45) is 11.3 Å². The smallest absolute Gasteiger partial charge is 0.261 e. The van der Waals surface area contributed by atoms with E-state index in [0.717, 1.165) is 6.42 Å². The summed E-state index contributed by atoms with van der Waals surface area (Å²) >= 11 is 6.04. The lowest BCUT2D eigenvalue weighted by atomic mass is 10.1. The molecule has 0 radical (unpaired) electrons. The predicted molar refractivity (Wildman–Crippen MR) is 79.7 cm³/mol. The van der Waals surface area contributed by atoms with E-state index in [1.807, 2.05) is 13.8 Å². The van der Waals surface area contributed by atoms with Crippen molar-refractivity contribution in [3.63, 3.8) is 0 Å². The molecule has 0 spiro atoms. The van der Waals surface area contributed by atoms with E-state index in [0.29, 0.717) is 11.3 Å². The van der Waals surface area contributed by atoms with Crippen LogP contribution in [0.5, 0.6) is 0 Å². The van der Waals surface area contributed by atoms with Crippen LogP contribution in [0, 0.1) is 18.3 Å². The number of anilines is 1. The lowest BCUT2D eigenvalue weighted by Crippen LogP contribution is -2.17. The number of hydrogen-bond acceptors (Lipinski definition) is 3. The molecule has 4 nitrogen and oxygen atoms in total. The van der Waals surface area contributed by atoms with Gasteiger partial charge in [-0.05, 0) is 36.5 Å². The monoisotopic (exact) mass is 335 g/mol. The third-order valence-electron chi connectivity index (χ3n) is 3.62. The molecule has 1 atom stereocenters. The van der Waals surface area contributed by atoms with Crippen molar-refractivity contribution in [3.8, 4) is 0 Å². The molecule has 0 saturated heterocycles. The summed E-state index contributed by atoms with van der Waals surface area (Å²) in [6.45, 7) is 5.72. The summed E-state index contributed by atoms with van der Waals surface area (Å²) in [7, 11) is 1.44.